The molecule has 2 atom stereocenters. The van der Waals surface area contributed by atoms with Gasteiger partial charge in [-0.15, -0.1) is 0 Å². The standard InChI is InChI=1S/C37H48ClN5O3/c1-41(2)23-26-19-28-20-30(38)12-13-34(28)43(24-26)37(46)33(21-29-22-39-32-10-6-5-9-31(29)32)40-35(44)14-11-25-15-17-42(18-16-25)36(45)27-7-3-4-8-27/h5-6,9-10,12-13,20,22,25-27,33,39H,3-4,7-8,11,14-19,21,23-24H2,1-2H3,(H,40,44)/t26-,33-/m1/s1. The van der Waals surface area contributed by atoms with E-state index < -0.39 is 6.04 Å². The summed E-state index contributed by atoms with van der Waals surface area (Å²) in [5.41, 5.74) is 3.96. The Hall–Kier alpha value is -3.36. The van der Waals surface area contributed by atoms with Crippen LogP contribution in [0.2, 0.25) is 5.02 Å². The summed E-state index contributed by atoms with van der Waals surface area (Å²) in [6.45, 7) is 3.01. The zero-order valence-corrected chi connectivity index (χ0v) is 28.0. The molecule has 246 valence electrons. The number of benzene rings is 2. The van der Waals surface area contributed by atoms with Gasteiger partial charge in [0.2, 0.25) is 17.7 Å². The lowest BCUT2D eigenvalue weighted by Crippen LogP contribution is -2.53. The van der Waals surface area contributed by atoms with E-state index in [9.17, 15) is 14.4 Å². The zero-order valence-electron chi connectivity index (χ0n) is 27.3. The largest absolute Gasteiger partial charge is 0.361 e. The Morgan fingerprint density at radius 2 is 1.78 bits per heavy atom. The Morgan fingerprint density at radius 3 is 2.54 bits per heavy atom. The van der Waals surface area contributed by atoms with E-state index in [2.05, 4.69) is 40.3 Å². The van der Waals surface area contributed by atoms with Gasteiger partial charge < -0.3 is 25.0 Å². The number of amides is 3. The molecule has 0 radical (unpaired) electrons. The maximum Gasteiger partial charge on any atom is 0.249 e. The molecule has 1 saturated carbocycles. The first-order valence-electron chi connectivity index (χ1n) is 17.1. The van der Waals surface area contributed by atoms with Crippen LogP contribution in [-0.2, 0) is 27.2 Å². The fourth-order valence-corrected chi connectivity index (χ4v) is 8.14. The number of fused-ring (bicyclic) bond motifs is 2. The maximum atomic E-state index is 14.5. The number of nitrogens with one attached hydrogen (secondary N) is 2. The molecule has 0 spiro atoms. The molecule has 3 aromatic rings. The van der Waals surface area contributed by atoms with Crippen LogP contribution >= 0.6 is 11.6 Å². The number of anilines is 1. The fraction of sp³-hybridized carbons (Fsp3) is 0.541. The van der Waals surface area contributed by atoms with Gasteiger partial charge in [0.25, 0.3) is 0 Å². The minimum atomic E-state index is -0.709. The third-order valence-electron chi connectivity index (χ3n) is 10.3. The number of carbonyl (C=O) groups excluding carboxylic acids is 3. The number of halogens is 1. The van der Waals surface area contributed by atoms with Crippen LogP contribution in [0.4, 0.5) is 5.69 Å². The van der Waals surface area contributed by atoms with Gasteiger partial charge in [0.05, 0.1) is 0 Å². The summed E-state index contributed by atoms with van der Waals surface area (Å²) >= 11 is 6.40. The van der Waals surface area contributed by atoms with E-state index in [0.29, 0.717) is 36.2 Å². The molecule has 3 heterocycles. The minimum Gasteiger partial charge on any atom is -0.361 e. The van der Waals surface area contributed by atoms with Gasteiger partial charge in [-0.25, -0.2) is 0 Å². The van der Waals surface area contributed by atoms with Gasteiger partial charge >= 0.3 is 0 Å². The van der Waals surface area contributed by atoms with Gasteiger partial charge in [0.15, 0.2) is 0 Å². The van der Waals surface area contributed by atoms with Crippen molar-refractivity contribution in [1.29, 1.82) is 0 Å². The van der Waals surface area contributed by atoms with Crippen LogP contribution in [0, 0.1) is 17.8 Å². The fourth-order valence-electron chi connectivity index (χ4n) is 7.94. The number of rotatable bonds is 10. The summed E-state index contributed by atoms with van der Waals surface area (Å²) in [6.07, 6.45) is 10.6. The van der Waals surface area contributed by atoms with E-state index in [4.69, 9.17) is 11.6 Å². The molecule has 0 unspecified atom stereocenters. The Labute approximate surface area is 277 Å². The van der Waals surface area contributed by atoms with E-state index in [1.54, 1.807) is 0 Å². The van der Waals surface area contributed by atoms with Crippen LogP contribution in [0.25, 0.3) is 10.9 Å². The number of nitrogens with zero attached hydrogens (tertiary/aromatic N) is 3. The molecule has 2 aromatic carbocycles. The molecular weight excluding hydrogens is 598 g/mol. The predicted molar refractivity (Wildman–Crippen MR) is 184 cm³/mol. The number of carbonyl (C=O) groups is 3. The van der Waals surface area contributed by atoms with Crippen LogP contribution in [0.15, 0.2) is 48.7 Å². The van der Waals surface area contributed by atoms with Crippen molar-refractivity contribution in [2.45, 2.75) is 70.3 Å². The SMILES string of the molecule is CN(C)C[C@H]1Cc2cc(Cl)ccc2N(C(=O)[C@@H](Cc2c[nH]c3ccccc23)NC(=O)CCC2CCN(C(=O)C3CCCC3)CC2)C1. The highest BCUT2D eigenvalue weighted by Gasteiger charge is 2.35. The van der Waals surface area contributed by atoms with Gasteiger partial charge in [0.1, 0.15) is 6.04 Å². The molecule has 1 aliphatic carbocycles. The average Bonchev–Trinajstić information content (AvgIpc) is 3.73. The molecule has 46 heavy (non-hydrogen) atoms. The van der Waals surface area contributed by atoms with Gasteiger partial charge in [-0.3, -0.25) is 14.4 Å². The maximum absolute atomic E-state index is 14.5. The number of aromatic amines is 1. The molecular formula is C37H48ClN5O3. The molecule has 0 bridgehead atoms. The molecule has 3 amide bonds. The van der Waals surface area contributed by atoms with Crippen molar-refractivity contribution in [1.82, 2.24) is 20.1 Å². The second kappa shape index (κ2) is 14.6. The molecule has 2 N–H and O–H groups in total. The smallest absolute Gasteiger partial charge is 0.249 e. The second-order valence-electron chi connectivity index (χ2n) is 14.0. The zero-order chi connectivity index (χ0) is 32.2. The number of likely N-dealkylation sites (tertiary alicyclic amines) is 1. The van der Waals surface area contributed by atoms with Crippen molar-refractivity contribution in [3.05, 3.63) is 64.8 Å². The van der Waals surface area contributed by atoms with Crippen LogP contribution < -0.4 is 10.2 Å². The number of hydrogen-bond donors (Lipinski definition) is 2. The third kappa shape index (κ3) is 7.60. The minimum absolute atomic E-state index is 0.0932. The summed E-state index contributed by atoms with van der Waals surface area (Å²) in [5, 5.41) is 4.89. The number of aromatic nitrogens is 1. The van der Waals surface area contributed by atoms with Crippen molar-refractivity contribution < 1.29 is 14.4 Å². The quantitative estimate of drug-likeness (QED) is 0.291. The highest BCUT2D eigenvalue weighted by atomic mass is 35.5. The Balaban J connectivity index is 1.15. The van der Waals surface area contributed by atoms with Crippen LogP contribution in [0.1, 0.15) is 62.5 Å². The molecule has 6 rings (SSSR count). The molecule has 2 fully saturated rings. The molecule has 1 saturated heterocycles. The molecule has 9 heteroatoms. The molecule has 2 aliphatic heterocycles. The van der Waals surface area contributed by atoms with Gasteiger partial charge in [-0.2, -0.15) is 0 Å². The summed E-state index contributed by atoms with van der Waals surface area (Å²) in [4.78, 5) is 50.3. The monoisotopic (exact) mass is 645 g/mol. The first kappa shape index (κ1) is 32.6. The first-order chi connectivity index (χ1) is 22.2. The summed E-state index contributed by atoms with van der Waals surface area (Å²) < 4.78 is 0. The lowest BCUT2D eigenvalue weighted by atomic mass is 9.90. The number of para-hydroxylation sites is 1. The van der Waals surface area contributed by atoms with Crippen LogP contribution in [-0.4, -0.2) is 78.8 Å². The van der Waals surface area contributed by atoms with Gasteiger partial charge in [-0.1, -0.05) is 42.6 Å². The Morgan fingerprint density at radius 1 is 1.02 bits per heavy atom. The third-order valence-corrected chi connectivity index (χ3v) is 10.5. The highest BCUT2D eigenvalue weighted by molar-refractivity contribution is 6.30. The highest BCUT2D eigenvalue weighted by Crippen LogP contribution is 2.34. The lowest BCUT2D eigenvalue weighted by molar-refractivity contribution is -0.137. The van der Waals surface area contributed by atoms with Crippen molar-refractivity contribution >= 4 is 45.9 Å². The normalized spacial score (nSPS) is 19.9. The van der Waals surface area contributed by atoms with Crippen molar-refractivity contribution in [2.24, 2.45) is 17.8 Å². The number of H-pyrrole nitrogens is 1. The van der Waals surface area contributed by atoms with Crippen molar-refractivity contribution in [2.75, 3.05) is 45.2 Å². The number of piperidine rings is 1. The summed E-state index contributed by atoms with van der Waals surface area (Å²) in [5.74, 6) is 1.02. The molecule has 3 aliphatic rings. The number of hydrogen-bond acceptors (Lipinski definition) is 4. The van der Waals surface area contributed by atoms with Crippen molar-refractivity contribution in [3.63, 3.8) is 0 Å². The Bertz CT molecular complexity index is 1540. The van der Waals surface area contributed by atoms with Gasteiger partial charge in [0, 0.05) is 72.7 Å². The second-order valence-corrected chi connectivity index (χ2v) is 14.5. The van der Waals surface area contributed by atoms with Crippen LogP contribution in [0.5, 0.6) is 0 Å². The predicted octanol–water partition coefficient (Wildman–Crippen LogP) is 5.82. The summed E-state index contributed by atoms with van der Waals surface area (Å²) in [7, 11) is 4.11. The van der Waals surface area contributed by atoms with E-state index in [1.165, 1.54) is 12.8 Å². The van der Waals surface area contributed by atoms with Gasteiger partial charge in [-0.05, 0) is 99.8 Å². The topological polar surface area (TPSA) is 88.8 Å². The average molecular weight is 646 g/mol. The summed E-state index contributed by atoms with van der Waals surface area (Å²) in [6, 6.07) is 13.1. The molecule has 1 aromatic heterocycles. The lowest BCUT2D eigenvalue weighted by Gasteiger charge is -2.37. The van der Waals surface area contributed by atoms with E-state index in [1.807, 2.05) is 47.5 Å². The first-order valence-corrected chi connectivity index (χ1v) is 17.5. The van der Waals surface area contributed by atoms with E-state index in [0.717, 1.165) is 85.9 Å². The van der Waals surface area contributed by atoms with Crippen molar-refractivity contribution in [3.8, 4) is 0 Å². The van der Waals surface area contributed by atoms with Crippen LogP contribution in [0.3, 0.4) is 0 Å². The van der Waals surface area contributed by atoms with E-state index in [-0.39, 0.29) is 23.7 Å². The molecule has 8 nitrogen and oxygen atoms in total. The Kier molecular flexibility index (Phi) is 10.3. The van der Waals surface area contributed by atoms with E-state index >= 15 is 0 Å².